The molecule has 4 heteroatoms. The molecule has 1 aliphatic heterocycles. The molecule has 1 aliphatic rings. The minimum atomic E-state index is -0.868. The topological polar surface area (TPSA) is 27.8 Å². The summed E-state index contributed by atoms with van der Waals surface area (Å²) in [5.74, 6) is -0.358. The minimum Gasteiger partial charge on any atom is -0.361 e. The van der Waals surface area contributed by atoms with E-state index in [4.69, 9.17) is 0 Å². The highest BCUT2D eigenvalue weighted by molar-refractivity contribution is 5.83. The number of hydrogen-bond donors (Lipinski definition) is 2. The molecule has 0 bridgehead atoms. The smallest absolute Gasteiger partial charge is 0.125 e. The van der Waals surface area contributed by atoms with Crippen molar-refractivity contribution in [2.24, 2.45) is 0 Å². The van der Waals surface area contributed by atoms with Crippen LogP contribution in [0.5, 0.6) is 0 Å². The highest BCUT2D eigenvalue weighted by Gasteiger charge is 2.27. The van der Waals surface area contributed by atoms with Crippen molar-refractivity contribution in [3.8, 4) is 0 Å². The van der Waals surface area contributed by atoms with Crippen LogP contribution >= 0.6 is 0 Å². The Morgan fingerprint density at radius 2 is 2.18 bits per heavy atom. The van der Waals surface area contributed by atoms with E-state index in [1.165, 1.54) is 12.1 Å². The minimum absolute atomic E-state index is 0.0875. The van der Waals surface area contributed by atoms with Crippen molar-refractivity contribution in [1.82, 2.24) is 10.3 Å². The van der Waals surface area contributed by atoms with Gasteiger partial charge in [-0.15, -0.1) is 0 Å². The van der Waals surface area contributed by atoms with Crippen molar-refractivity contribution >= 4 is 10.9 Å². The fourth-order valence-electron chi connectivity index (χ4n) is 2.60. The summed E-state index contributed by atoms with van der Waals surface area (Å²) in [5, 5.41) is 3.97. The first kappa shape index (κ1) is 10.7. The Bertz CT molecular complexity index is 535. The molecule has 2 nitrogen and oxygen atoms in total. The van der Waals surface area contributed by atoms with Gasteiger partial charge >= 0.3 is 0 Å². The van der Waals surface area contributed by atoms with Crippen LogP contribution in [0.2, 0.25) is 0 Å². The number of alkyl halides is 1. The first-order chi connectivity index (χ1) is 8.25. The van der Waals surface area contributed by atoms with E-state index in [1.807, 2.05) is 6.20 Å². The zero-order chi connectivity index (χ0) is 11.8. The van der Waals surface area contributed by atoms with E-state index >= 15 is 0 Å². The molecule has 0 amide bonds. The number of benzene rings is 1. The normalized spacial score (nSPS) is 25.3. The highest BCUT2D eigenvalue weighted by Crippen LogP contribution is 2.33. The summed E-state index contributed by atoms with van der Waals surface area (Å²) in [6.07, 6.45) is 1.73. The SMILES string of the molecule is Fc1ccc2c(C3CCNCC3F)c[nH]c2c1. The number of nitrogens with one attached hydrogen (secondary N) is 2. The van der Waals surface area contributed by atoms with Gasteiger partial charge in [-0.05, 0) is 36.7 Å². The number of halogens is 2. The Labute approximate surface area is 98.0 Å². The summed E-state index contributed by atoms with van der Waals surface area (Å²) in [6, 6.07) is 4.60. The van der Waals surface area contributed by atoms with Crippen LogP contribution in [-0.4, -0.2) is 24.2 Å². The zero-order valence-corrected chi connectivity index (χ0v) is 9.34. The molecular formula is C13H14F2N2. The third kappa shape index (κ3) is 1.82. The number of hydrogen-bond acceptors (Lipinski definition) is 1. The predicted molar refractivity (Wildman–Crippen MR) is 63.4 cm³/mol. The van der Waals surface area contributed by atoms with E-state index in [0.29, 0.717) is 6.54 Å². The molecule has 1 saturated heterocycles. The molecule has 0 saturated carbocycles. The van der Waals surface area contributed by atoms with Crippen LogP contribution in [-0.2, 0) is 0 Å². The lowest BCUT2D eigenvalue weighted by atomic mass is 9.88. The summed E-state index contributed by atoms with van der Waals surface area (Å²) < 4.78 is 26.9. The van der Waals surface area contributed by atoms with Gasteiger partial charge in [0.2, 0.25) is 0 Å². The Morgan fingerprint density at radius 3 is 3.00 bits per heavy atom. The van der Waals surface area contributed by atoms with Crippen LogP contribution < -0.4 is 5.32 Å². The number of aromatic nitrogens is 1. The maximum atomic E-state index is 13.9. The first-order valence-corrected chi connectivity index (χ1v) is 5.87. The fourth-order valence-corrected chi connectivity index (χ4v) is 2.60. The van der Waals surface area contributed by atoms with Crippen LogP contribution in [0.25, 0.3) is 10.9 Å². The Morgan fingerprint density at radius 1 is 1.29 bits per heavy atom. The van der Waals surface area contributed by atoms with Crippen molar-refractivity contribution < 1.29 is 8.78 Å². The standard InChI is InChI=1S/C13H14F2N2/c14-8-1-2-10-11(6-17-13(10)5-8)9-3-4-16-7-12(9)15/h1-2,5-6,9,12,16-17H,3-4,7H2. The molecule has 2 unspecified atom stereocenters. The largest absolute Gasteiger partial charge is 0.361 e. The zero-order valence-electron chi connectivity index (χ0n) is 9.34. The van der Waals surface area contributed by atoms with E-state index in [-0.39, 0.29) is 11.7 Å². The molecule has 0 spiro atoms. The van der Waals surface area contributed by atoms with Crippen molar-refractivity contribution in [2.75, 3.05) is 13.1 Å². The van der Waals surface area contributed by atoms with E-state index in [9.17, 15) is 8.78 Å². The summed E-state index contributed by atoms with van der Waals surface area (Å²) in [7, 11) is 0. The van der Waals surface area contributed by atoms with Crippen molar-refractivity contribution in [1.29, 1.82) is 0 Å². The molecule has 2 N–H and O–H groups in total. The lowest BCUT2D eigenvalue weighted by Gasteiger charge is -2.26. The van der Waals surface area contributed by atoms with E-state index in [2.05, 4.69) is 10.3 Å². The maximum absolute atomic E-state index is 13.9. The molecule has 1 fully saturated rings. The second-order valence-corrected chi connectivity index (χ2v) is 4.55. The molecule has 1 aromatic carbocycles. The highest BCUT2D eigenvalue weighted by atomic mass is 19.1. The van der Waals surface area contributed by atoms with E-state index < -0.39 is 6.17 Å². The van der Waals surface area contributed by atoms with Crippen LogP contribution in [0.1, 0.15) is 17.9 Å². The maximum Gasteiger partial charge on any atom is 0.125 e. The van der Waals surface area contributed by atoms with Crippen molar-refractivity contribution in [3.05, 3.63) is 35.8 Å². The van der Waals surface area contributed by atoms with Gasteiger partial charge in [-0.25, -0.2) is 8.78 Å². The van der Waals surface area contributed by atoms with E-state index in [1.54, 1.807) is 6.07 Å². The third-order valence-corrected chi connectivity index (χ3v) is 3.48. The Kier molecular flexibility index (Phi) is 2.59. The number of fused-ring (bicyclic) bond motifs is 1. The average molecular weight is 236 g/mol. The van der Waals surface area contributed by atoms with Gasteiger partial charge in [0.25, 0.3) is 0 Å². The second kappa shape index (κ2) is 4.11. The molecule has 0 radical (unpaired) electrons. The van der Waals surface area contributed by atoms with Crippen molar-refractivity contribution in [2.45, 2.75) is 18.5 Å². The van der Waals surface area contributed by atoms with Gasteiger partial charge in [0.05, 0.1) is 0 Å². The molecular weight excluding hydrogens is 222 g/mol. The number of rotatable bonds is 1. The van der Waals surface area contributed by atoms with Crippen LogP contribution in [0.4, 0.5) is 8.78 Å². The van der Waals surface area contributed by atoms with Gasteiger partial charge in [-0.3, -0.25) is 0 Å². The third-order valence-electron chi connectivity index (χ3n) is 3.48. The van der Waals surface area contributed by atoms with Gasteiger partial charge in [0.1, 0.15) is 12.0 Å². The lowest BCUT2D eigenvalue weighted by molar-refractivity contribution is 0.232. The average Bonchev–Trinajstić information content (AvgIpc) is 2.72. The molecule has 0 aliphatic carbocycles. The number of H-pyrrole nitrogens is 1. The van der Waals surface area contributed by atoms with Crippen LogP contribution in [0, 0.1) is 5.82 Å². The molecule has 2 atom stereocenters. The van der Waals surface area contributed by atoms with Crippen molar-refractivity contribution in [3.63, 3.8) is 0 Å². The molecule has 17 heavy (non-hydrogen) atoms. The quantitative estimate of drug-likeness (QED) is 0.782. The summed E-state index contributed by atoms with van der Waals surface area (Å²) in [4.78, 5) is 3.02. The number of piperidine rings is 1. The monoisotopic (exact) mass is 236 g/mol. The van der Waals surface area contributed by atoms with E-state index in [0.717, 1.165) is 29.4 Å². The van der Waals surface area contributed by atoms with Crippen LogP contribution in [0.3, 0.4) is 0 Å². The molecule has 3 rings (SSSR count). The molecule has 2 aromatic rings. The van der Waals surface area contributed by atoms with Crippen LogP contribution in [0.15, 0.2) is 24.4 Å². The summed E-state index contributed by atoms with van der Waals surface area (Å²) in [6.45, 7) is 1.23. The number of aromatic amines is 1. The van der Waals surface area contributed by atoms with Gasteiger partial charge in [0.15, 0.2) is 0 Å². The molecule has 90 valence electrons. The van der Waals surface area contributed by atoms with Gasteiger partial charge in [-0.2, -0.15) is 0 Å². The fraction of sp³-hybridized carbons (Fsp3) is 0.385. The molecule has 1 aromatic heterocycles. The Balaban J connectivity index is 2.05. The lowest BCUT2D eigenvalue weighted by Crippen LogP contribution is -2.36. The Hall–Kier alpha value is -1.42. The summed E-state index contributed by atoms with van der Waals surface area (Å²) in [5.41, 5.74) is 1.71. The van der Waals surface area contributed by atoms with Gasteiger partial charge in [0, 0.05) is 29.6 Å². The summed E-state index contributed by atoms with van der Waals surface area (Å²) >= 11 is 0. The van der Waals surface area contributed by atoms with Gasteiger partial charge < -0.3 is 10.3 Å². The second-order valence-electron chi connectivity index (χ2n) is 4.55. The predicted octanol–water partition coefficient (Wildman–Crippen LogP) is 2.72. The first-order valence-electron chi connectivity index (χ1n) is 5.87. The van der Waals surface area contributed by atoms with Gasteiger partial charge in [-0.1, -0.05) is 0 Å². The molecule has 2 heterocycles.